The van der Waals surface area contributed by atoms with Crippen LogP contribution in [0.4, 0.5) is 0 Å². The van der Waals surface area contributed by atoms with Crippen LogP contribution in [0.1, 0.15) is 76.8 Å². The number of carboxylic acids is 1. The first kappa shape index (κ1) is 25.3. The summed E-state index contributed by atoms with van der Waals surface area (Å²) in [7, 11) is 0. The van der Waals surface area contributed by atoms with Crippen LogP contribution in [0, 0.1) is 11.3 Å². The number of hydrogen-bond acceptors (Lipinski definition) is 3. The van der Waals surface area contributed by atoms with Gasteiger partial charge in [0.2, 0.25) is 11.8 Å². The summed E-state index contributed by atoms with van der Waals surface area (Å²) in [5.41, 5.74) is 8.29. The van der Waals surface area contributed by atoms with Gasteiger partial charge in [0.15, 0.2) is 0 Å². The standard InChI is InChI=1S/C26H35ClN2O4/c1-25(2,3)11-8-17-6-7-19(14-21(17)27)26-10-4-5-18(13-22(28)30)20(26)16-29(23(31)15-26)12-9-24(32)33/h6-7,14,16,18H,4-5,8-13,15H2,1-3H3,(H2,28,30)(H,32,33). The molecule has 1 aliphatic heterocycles. The number of carbonyl (C=O) groups excluding carboxylic acids is 2. The molecule has 1 fully saturated rings. The summed E-state index contributed by atoms with van der Waals surface area (Å²) in [5, 5.41) is 9.78. The smallest absolute Gasteiger partial charge is 0.305 e. The highest BCUT2D eigenvalue weighted by Gasteiger charge is 2.47. The van der Waals surface area contributed by atoms with Gasteiger partial charge < -0.3 is 15.7 Å². The summed E-state index contributed by atoms with van der Waals surface area (Å²) in [5.74, 6) is -1.50. The zero-order valence-corrected chi connectivity index (χ0v) is 20.6. The number of fused-ring (bicyclic) bond motifs is 1. The van der Waals surface area contributed by atoms with E-state index in [1.54, 1.807) is 6.20 Å². The Morgan fingerprint density at radius 3 is 2.64 bits per heavy atom. The summed E-state index contributed by atoms with van der Waals surface area (Å²) in [4.78, 5) is 37.5. The molecule has 3 N–H and O–H groups in total. The third-order valence-corrected chi connectivity index (χ3v) is 7.33. The van der Waals surface area contributed by atoms with Gasteiger partial charge in [0.05, 0.1) is 6.42 Å². The molecule has 1 aromatic rings. The molecule has 0 saturated heterocycles. The number of carbonyl (C=O) groups is 3. The maximum absolute atomic E-state index is 13.1. The topological polar surface area (TPSA) is 101 Å². The molecule has 2 atom stereocenters. The number of carboxylic acid groups (broad SMARTS) is 1. The Hall–Kier alpha value is -2.34. The first-order chi connectivity index (χ1) is 15.4. The predicted octanol–water partition coefficient (Wildman–Crippen LogP) is 4.82. The average Bonchev–Trinajstić information content (AvgIpc) is 2.70. The minimum atomic E-state index is -0.951. The molecule has 1 aliphatic carbocycles. The van der Waals surface area contributed by atoms with E-state index in [2.05, 4.69) is 32.9 Å². The molecular formula is C26H35ClN2O4. The van der Waals surface area contributed by atoms with Gasteiger partial charge in [-0.3, -0.25) is 14.4 Å². The fraction of sp³-hybridized carbons (Fsp3) is 0.577. The molecule has 180 valence electrons. The van der Waals surface area contributed by atoms with Crippen LogP contribution in [0.15, 0.2) is 30.0 Å². The van der Waals surface area contributed by atoms with E-state index in [1.165, 1.54) is 4.90 Å². The predicted molar refractivity (Wildman–Crippen MR) is 129 cm³/mol. The highest BCUT2D eigenvalue weighted by molar-refractivity contribution is 6.31. The minimum Gasteiger partial charge on any atom is -0.481 e. The molecule has 2 amide bonds. The molecule has 1 heterocycles. The van der Waals surface area contributed by atoms with Crippen LogP contribution in [-0.2, 0) is 26.2 Å². The van der Waals surface area contributed by atoms with E-state index in [0.29, 0.717) is 5.02 Å². The molecule has 0 bridgehead atoms. The number of hydrogen-bond donors (Lipinski definition) is 2. The van der Waals surface area contributed by atoms with Crippen LogP contribution in [0.2, 0.25) is 5.02 Å². The maximum atomic E-state index is 13.1. The molecule has 0 aromatic heterocycles. The molecule has 0 spiro atoms. The van der Waals surface area contributed by atoms with Crippen molar-refractivity contribution in [3.8, 4) is 0 Å². The van der Waals surface area contributed by atoms with Gasteiger partial charge in [0, 0.05) is 36.0 Å². The van der Waals surface area contributed by atoms with E-state index in [0.717, 1.165) is 48.8 Å². The third-order valence-electron chi connectivity index (χ3n) is 6.98. The van der Waals surface area contributed by atoms with Gasteiger partial charge in [-0.15, -0.1) is 0 Å². The Kier molecular flexibility index (Phi) is 7.57. The lowest BCUT2D eigenvalue weighted by Crippen LogP contribution is -2.47. The Labute approximate surface area is 201 Å². The second-order valence-electron chi connectivity index (χ2n) is 10.7. The van der Waals surface area contributed by atoms with Crippen molar-refractivity contribution in [3.63, 3.8) is 0 Å². The molecular weight excluding hydrogens is 440 g/mol. The van der Waals surface area contributed by atoms with E-state index in [4.69, 9.17) is 22.4 Å². The van der Waals surface area contributed by atoms with Crippen molar-refractivity contribution in [2.75, 3.05) is 6.54 Å². The number of allylic oxidation sites excluding steroid dienone is 1. The van der Waals surface area contributed by atoms with Crippen LogP contribution in [0.25, 0.3) is 0 Å². The molecule has 0 radical (unpaired) electrons. The van der Waals surface area contributed by atoms with E-state index in [1.807, 2.05) is 6.07 Å². The van der Waals surface area contributed by atoms with Crippen LogP contribution in [-0.4, -0.2) is 34.3 Å². The number of benzene rings is 1. The van der Waals surface area contributed by atoms with Gasteiger partial charge >= 0.3 is 5.97 Å². The van der Waals surface area contributed by atoms with E-state index in [-0.39, 0.29) is 49.0 Å². The SMILES string of the molecule is CC(C)(C)CCc1ccc(C23CCCC(CC(N)=O)C2=CN(CCC(=O)O)C(=O)C3)cc1Cl. The van der Waals surface area contributed by atoms with Gasteiger partial charge in [-0.1, -0.05) is 50.9 Å². The quantitative estimate of drug-likeness (QED) is 0.563. The Balaban J connectivity index is 2.00. The summed E-state index contributed by atoms with van der Waals surface area (Å²) in [6, 6.07) is 6.12. The van der Waals surface area contributed by atoms with Crippen molar-refractivity contribution in [3.05, 3.63) is 46.1 Å². The summed E-state index contributed by atoms with van der Waals surface area (Å²) >= 11 is 6.72. The van der Waals surface area contributed by atoms with Gasteiger partial charge in [-0.05, 0) is 59.8 Å². The maximum Gasteiger partial charge on any atom is 0.305 e. The summed E-state index contributed by atoms with van der Waals surface area (Å²) in [6.07, 6.45) is 6.49. The van der Waals surface area contributed by atoms with Crippen molar-refractivity contribution < 1.29 is 19.5 Å². The lowest BCUT2D eigenvalue weighted by molar-refractivity contribution is -0.138. The number of aryl methyl sites for hydroxylation is 1. The van der Waals surface area contributed by atoms with Crippen molar-refractivity contribution in [1.82, 2.24) is 4.90 Å². The Morgan fingerprint density at radius 2 is 2.03 bits per heavy atom. The lowest BCUT2D eigenvalue weighted by atomic mass is 9.59. The fourth-order valence-electron chi connectivity index (χ4n) is 5.19. The van der Waals surface area contributed by atoms with Gasteiger partial charge in [-0.2, -0.15) is 0 Å². The second-order valence-corrected chi connectivity index (χ2v) is 11.1. The largest absolute Gasteiger partial charge is 0.481 e. The highest BCUT2D eigenvalue weighted by Crippen LogP contribution is 2.52. The lowest BCUT2D eigenvalue weighted by Gasteiger charge is -2.48. The molecule has 6 nitrogen and oxygen atoms in total. The molecule has 7 heteroatoms. The number of rotatable bonds is 8. The van der Waals surface area contributed by atoms with Gasteiger partial charge in [0.1, 0.15) is 0 Å². The monoisotopic (exact) mass is 474 g/mol. The van der Waals surface area contributed by atoms with Crippen molar-refractivity contribution in [2.24, 2.45) is 17.1 Å². The van der Waals surface area contributed by atoms with Gasteiger partial charge in [0.25, 0.3) is 0 Å². The average molecular weight is 475 g/mol. The molecule has 2 aliphatic rings. The second kappa shape index (κ2) is 9.88. The molecule has 3 rings (SSSR count). The van der Waals surface area contributed by atoms with E-state index < -0.39 is 11.4 Å². The number of primary amides is 1. The molecule has 1 aromatic carbocycles. The zero-order chi connectivity index (χ0) is 24.4. The first-order valence-electron chi connectivity index (χ1n) is 11.7. The Bertz CT molecular complexity index is 966. The van der Waals surface area contributed by atoms with Crippen molar-refractivity contribution in [2.45, 2.75) is 77.6 Å². The van der Waals surface area contributed by atoms with E-state index in [9.17, 15) is 14.4 Å². The zero-order valence-electron chi connectivity index (χ0n) is 19.8. The first-order valence-corrected chi connectivity index (χ1v) is 12.1. The van der Waals surface area contributed by atoms with Crippen LogP contribution >= 0.6 is 11.6 Å². The van der Waals surface area contributed by atoms with Crippen LogP contribution < -0.4 is 5.73 Å². The third kappa shape index (κ3) is 5.97. The number of aliphatic carboxylic acids is 1. The Morgan fingerprint density at radius 1 is 1.30 bits per heavy atom. The molecule has 2 unspecified atom stereocenters. The summed E-state index contributed by atoms with van der Waals surface area (Å²) in [6.45, 7) is 6.73. The van der Waals surface area contributed by atoms with Crippen molar-refractivity contribution >= 4 is 29.4 Å². The fourth-order valence-corrected chi connectivity index (χ4v) is 5.47. The molecule has 33 heavy (non-hydrogen) atoms. The van der Waals surface area contributed by atoms with Crippen molar-refractivity contribution in [1.29, 1.82) is 0 Å². The number of nitrogens with zero attached hydrogens (tertiary/aromatic N) is 1. The molecule has 1 saturated carbocycles. The van der Waals surface area contributed by atoms with E-state index >= 15 is 0 Å². The number of halogens is 1. The summed E-state index contributed by atoms with van der Waals surface area (Å²) < 4.78 is 0. The minimum absolute atomic E-state index is 0.0731. The van der Waals surface area contributed by atoms with Crippen LogP contribution in [0.3, 0.4) is 0 Å². The highest BCUT2D eigenvalue weighted by atomic mass is 35.5. The van der Waals surface area contributed by atoms with Gasteiger partial charge in [-0.25, -0.2) is 0 Å². The number of amides is 2. The normalized spacial score (nSPS) is 23.2. The number of nitrogens with two attached hydrogens (primary N) is 1. The van der Waals surface area contributed by atoms with Crippen LogP contribution in [0.5, 0.6) is 0 Å².